The van der Waals surface area contributed by atoms with Crippen molar-refractivity contribution in [2.24, 2.45) is 17.6 Å². The van der Waals surface area contributed by atoms with E-state index in [4.69, 9.17) is 11.1 Å². The Morgan fingerprint density at radius 3 is 2.67 bits per heavy atom. The van der Waals surface area contributed by atoms with Gasteiger partial charge in [0.15, 0.2) is 0 Å². The SMILES string of the molecule is C[C@@H]1CC[C@@H](C(=O)NCC2=CC(C(=N)N)CS2)N1C(=O)CNC(=O)C1/C=C/c2ccccc2C(F)(F)/C=C/C1. The Kier molecular flexibility index (Phi) is 8.89. The van der Waals surface area contributed by atoms with Crippen LogP contribution in [-0.2, 0) is 20.3 Å². The van der Waals surface area contributed by atoms with Crippen molar-refractivity contribution in [2.45, 2.75) is 44.2 Å². The van der Waals surface area contributed by atoms with Crippen molar-refractivity contribution in [1.29, 1.82) is 5.41 Å². The number of hydrogen-bond donors (Lipinski definition) is 4. The van der Waals surface area contributed by atoms with Gasteiger partial charge in [-0.2, -0.15) is 8.78 Å². The molecule has 1 saturated heterocycles. The van der Waals surface area contributed by atoms with Crippen molar-refractivity contribution in [3.05, 3.63) is 64.6 Å². The number of alkyl halides is 2. The van der Waals surface area contributed by atoms with E-state index in [-0.39, 0.29) is 48.1 Å². The van der Waals surface area contributed by atoms with Crippen LogP contribution in [0.4, 0.5) is 8.78 Å². The molecule has 1 aromatic carbocycles. The molecule has 2 heterocycles. The minimum Gasteiger partial charge on any atom is -0.387 e. The topological polar surface area (TPSA) is 128 Å². The minimum atomic E-state index is -3.16. The summed E-state index contributed by atoms with van der Waals surface area (Å²) in [7, 11) is 0. The summed E-state index contributed by atoms with van der Waals surface area (Å²) in [5.41, 5.74) is 5.75. The summed E-state index contributed by atoms with van der Waals surface area (Å²) < 4.78 is 29.2. The molecule has 1 fully saturated rings. The second-order valence-electron chi connectivity index (χ2n) is 10.00. The summed E-state index contributed by atoms with van der Waals surface area (Å²) in [6, 6.07) is 5.32. The highest BCUT2D eigenvalue weighted by molar-refractivity contribution is 8.03. The van der Waals surface area contributed by atoms with Gasteiger partial charge in [-0.3, -0.25) is 19.8 Å². The normalized spacial score (nSPS) is 27.3. The van der Waals surface area contributed by atoms with Gasteiger partial charge in [-0.05, 0) is 37.8 Å². The third-order valence-electron chi connectivity index (χ3n) is 7.23. The lowest BCUT2D eigenvalue weighted by molar-refractivity contribution is -0.140. The number of allylic oxidation sites excluding steroid dienone is 2. The molecule has 3 amide bonds. The predicted molar refractivity (Wildman–Crippen MR) is 148 cm³/mol. The third-order valence-corrected chi connectivity index (χ3v) is 8.40. The van der Waals surface area contributed by atoms with Crippen molar-refractivity contribution in [3.8, 4) is 0 Å². The average Bonchev–Trinajstić information content (AvgIpc) is 3.55. The van der Waals surface area contributed by atoms with E-state index in [1.807, 2.05) is 13.0 Å². The van der Waals surface area contributed by atoms with Gasteiger partial charge in [-0.1, -0.05) is 48.6 Å². The highest BCUT2D eigenvalue weighted by atomic mass is 32.2. The van der Waals surface area contributed by atoms with Crippen LogP contribution in [0.25, 0.3) is 6.08 Å². The number of benzene rings is 1. The molecule has 1 aliphatic carbocycles. The van der Waals surface area contributed by atoms with Crippen molar-refractivity contribution in [1.82, 2.24) is 15.5 Å². The largest absolute Gasteiger partial charge is 0.387 e. The van der Waals surface area contributed by atoms with Crippen LogP contribution in [0.5, 0.6) is 0 Å². The zero-order valence-electron chi connectivity index (χ0n) is 21.7. The molecule has 0 aromatic heterocycles. The molecule has 0 bridgehead atoms. The first-order valence-electron chi connectivity index (χ1n) is 12.9. The van der Waals surface area contributed by atoms with Gasteiger partial charge in [-0.15, -0.1) is 11.8 Å². The number of likely N-dealkylation sites (tertiary alicyclic amines) is 1. The van der Waals surface area contributed by atoms with Crippen LogP contribution in [0.2, 0.25) is 0 Å². The van der Waals surface area contributed by atoms with Gasteiger partial charge in [0.05, 0.1) is 18.3 Å². The lowest BCUT2D eigenvalue weighted by Gasteiger charge is -2.28. The monoisotopic (exact) mass is 557 g/mol. The van der Waals surface area contributed by atoms with Crippen LogP contribution in [0, 0.1) is 17.2 Å². The quantitative estimate of drug-likeness (QED) is 0.233. The van der Waals surface area contributed by atoms with E-state index in [2.05, 4.69) is 10.6 Å². The molecule has 4 atom stereocenters. The van der Waals surface area contributed by atoms with Gasteiger partial charge in [0.2, 0.25) is 17.7 Å². The van der Waals surface area contributed by atoms with Crippen LogP contribution in [0.3, 0.4) is 0 Å². The van der Waals surface area contributed by atoms with Crippen LogP contribution in [0.15, 0.2) is 53.5 Å². The van der Waals surface area contributed by atoms with Crippen molar-refractivity contribution in [2.75, 3.05) is 18.8 Å². The molecular weight excluding hydrogens is 524 g/mol. The minimum absolute atomic E-state index is 0.0591. The maximum absolute atomic E-state index is 14.6. The molecule has 1 aromatic rings. The Morgan fingerprint density at radius 1 is 1.15 bits per heavy atom. The molecular formula is C28H33F2N5O3S. The molecule has 2 aliphatic heterocycles. The average molecular weight is 558 g/mol. The third kappa shape index (κ3) is 6.76. The van der Waals surface area contributed by atoms with Gasteiger partial charge < -0.3 is 21.3 Å². The summed E-state index contributed by atoms with van der Waals surface area (Å²) in [6.45, 7) is 1.87. The molecule has 208 valence electrons. The number of halogens is 2. The van der Waals surface area contributed by atoms with E-state index < -0.39 is 23.8 Å². The lowest BCUT2D eigenvalue weighted by Crippen LogP contribution is -2.51. The zero-order valence-corrected chi connectivity index (χ0v) is 22.5. The number of thioether (sulfide) groups is 1. The Labute approximate surface area is 230 Å². The predicted octanol–water partition coefficient (Wildman–Crippen LogP) is 3.16. The standard InChI is InChI=1S/C28H33F2N5O3S/c1-17-8-11-23(27(38)33-14-21-13-20(16-39-21)25(31)32)35(17)24(36)15-34-26(37)19-6-4-12-28(29,30)22-7-3-2-5-18(22)9-10-19/h2-5,7,9-10,12-13,17,19-20,23H,6,8,11,14-16H2,1H3,(H3,31,32)(H,33,38)(H,34,37)/b10-9+,12-4+/t17-,19?,20?,23+/m1/s1. The summed E-state index contributed by atoms with van der Waals surface area (Å²) in [5, 5.41) is 13.1. The van der Waals surface area contributed by atoms with Gasteiger partial charge in [0.1, 0.15) is 6.04 Å². The molecule has 2 unspecified atom stereocenters. The first kappa shape index (κ1) is 28.5. The van der Waals surface area contributed by atoms with Crippen LogP contribution in [-0.4, -0.2) is 59.4 Å². The molecule has 8 nitrogen and oxygen atoms in total. The van der Waals surface area contributed by atoms with E-state index >= 15 is 0 Å². The second kappa shape index (κ2) is 12.1. The van der Waals surface area contributed by atoms with Gasteiger partial charge >= 0.3 is 0 Å². The number of fused-ring (bicyclic) bond motifs is 1. The van der Waals surface area contributed by atoms with E-state index in [0.717, 1.165) is 11.0 Å². The number of amidine groups is 1. The number of amides is 3. The van der Waals surface area contributed by atoms with Crippen LogP contribution in [0.1, 0.15) is 37.3 Å². The fourth-order valence-electron chi connectivity index (χ4n) is 5.04. The van der Waals surface area contributed by atoms with Crippen molar-refractivity contribution >= 4 is 41.4 Å². The second-order valence-corrected chi connectivity index (χ2v) is 11.1. The zero-order chi connectivity index (χ0) is 28.2. The highest BCUT2D eigenvalue weighted by Crippen LogP contribution is 2.34. The molecule has 11 heteroatoms. The number of hydrogen-bond acceptors (Lipinski definition) is 5. The molecule has 3 aliphatic rings. The van der Waals surface area contributed by atoms with Crippen molar-refractivity contribution in [3.63, 3.8) is 0 Å². The molecule has 39 heavy (non-hydrogen) atoms. The van der Waals surface area contributed by atoms with Crippen molar-refractivity contribution < 1.29 is 23.2 Å². The number of nitrogens with one attached hydrogen (secondary N) is 3. The maximum atomic E-state index is 14.6. The van der Waals surface area contributed by atoms with Crippen LogP contribution >= 0.6 is 11.8 Å². The Bertz CT molecular complexity index is 1230. The van der Waals surface area contributed by atoms with E-state index in [0.29, 0.717) is 30.7 Å². The summed E-state index contributed by atoms with van der Waals surface area (Å²) in [6.07, 6.45) is 8.29. The summed E-state index contributed by atoms with van der Waals surface area (Å²) >= 11 is 1.54. The Hall–Kier alpha value is -3.47. The smallest absolute Gasteiger partial charge is 0.292 e. The van der Waals surface area contributed by atoms with Gasteiger partial charge in [0.25, 0.3) is 5.92 Å². The first-order chi connectivity index (χ1) is 18.6. The molecule has 0 spiro atoms. The van der Waals surface area contributed by atoms with Gasteiger partial charge in [-0.25, -0.2) is 0 Å². The molecule has 0 saturated carbocycles. The summed E-state index contributed by atoms with van der Waals surface area (Å²) in [4.78, 5) is 41.4. The van der Waals surface area contributed by atoms with Crippen LogP contribution < -0.4 is 16.4 Å². The first-order valence-corrected chi connectivity index (χ1v) is 13.9. The molecule has 4 rings (SSSR count). The van der Waals surface area contributed by atoms with E-state index in [9.17, 15) is 23.2 Å². The van der Waals surface area contributed by atoms with E-state index in [1.54, 1.807) is 36.0 Å². The Balaban J connectivity index is 1.35. The fraction of sp³-hybridized carbons (Fsp3) is 0.429. The molecule has 0 radical (unpaired) electrons. The highest BCUT2D eigenvalue weighted by Gasteiger charge is 2.39. The molecule has 5 N–H and O–H groups in total. The maximum Gasteiger partial charge on any atom is 0.292 e. The van der Waals surface area contributed by atoms with E-state index in [1.165, 1.54) is 23.1 Å². The number of carbonyl (C=O) groups is 3. The van der Waals surface area contributed by atoms with Gasteiger partial charge in [0, 0.05) is 34.7 Å². The number of nitrogens with two attached hydrogens (primary N) is 1. The lowest BCUT2D eigenvalue weighted by atomic mass is 10.0. The summed E-state index contributed by atoms with van der Waals surface area (Å²) in [5.74, 6) is -4.36. The fourth-order valence-corrected chi connectivity index (χ4v) is 6.14. The number of rotatable bonds is 7. The number of carbonyl (C=O) groups excluding carboxylic acids is 3. The Morgan fingerprint density at radius 2 is 1.92 bits per heavy atom. The number of nitrogens with zero attached hydrogens (tertiary/aromatic N) is 1.